The number of ketones is 1. The zero-order valence-corrected chi connectivity index (χ0v) is 9.55. The van der Waals surface area contributed by atoms with Crippen LogP contribution in [0, 0.1) is 5.82 Å². The van der Waals surface area contributed by atoms with Crippen LogP contribution in [0.4, 0.5) is 17.6 Å². The van der Waals surface area contributed by atoms with E-state index in [1.165, 1.54) is 6.92 Å². The molecule has 0 amide bonds. The SMILES string of the molecule is CCOC(=O)C(=O)c1c(C(F)(F)F)ccc(F)c1O. The molecular formula is C11H8F4O4. The van der Waals surface area contributed by atoms with Crippen LogP contribution in [0.25, 0.3) is 0 Å². The number of benzene rings is 1. The van der Waals surface area contributed by atoms with E-state index in [0.717, 1.165) is 0 Å². The van der Waals surface area contributed by atoms with Crippen LogP contribution >= 0.6 is 0 Å². The minimum atomic E-state index is -5.03. The van der Waals surface area contributed by atoms with Gasteiger partial charge in [-0.2, -0.15) is 13.2 Å². The van der Waals surface area contributed by atoms with Crippen molar-refractivity contribution in [1.29, 1.82) is 0 Å². The second kappa shape index (κ2) is 5.25. The molecule has 0 atom stereocenters. The van der Waals surface area contributed by atoms with E-state index in [-0.39, 0.29) is 12.7 Å². The molecule has 104 valence electrons. The largest absolute Gasteiger partial charge is 0.504 e. The molecule has 1 N–H and O–H groups in total. The first-order valence-corrected chi connectivity index (χ1v) is 5.00. The smallest absolute Gasteiger partial charge is 0.417 e. The Hall–Kier alpha value is -2.12. The average Bonchev–Trinajstić information content (AvgIpc) is 2.30. The Labute approximate surface area is 104 Å². The fourth-order valence-electron chi connectivity index (χ4n) is 1.33. The Morgan fingerprint density at radius 2 is 1.89 bits per heavy atom. The number of ether oxygens (including phenoxy) is 1. The number of alkyl halides is 3. The molecule has 0 heterocycles. The fourth-order valence-corrected chi connectivity index (χ4v) is 1.33. The van der Waals surface area contributed by atoms with Crippen LogP contribution in [0.2, 0.25) is 0 Å². The number of carbonyl (C=O) groups excluding carboxylic acids is 2. The molecule has 0 radical (unpaired) electrons. The molecule has 0 saturated heterocycles. The van der Waals surface area contributed by atoms with E-state index in [2.05, 4.69) is 4.74 Å². The molecule has 0 fully saturated rings. The number of hydrogen-bond donors (Lipinski definition) is 1. The molecule has 19 heavy (non-hydrogen) atoms. The Bertz CT molecular complexity index is 522. The Morgan fingerprint density at radius 1 is 1.32 bits per heavy atom. The zero-order chi connectivity index (χ0) is 14.8. The maximum absolute atomic E-state index is 13.0. The van der Waals surface area contributed by atoms with Gasteiger partial charge in [0.05, 0.1) is 17.7 Å². The van der Waals surface area contributed by atoms with Gasteiger partial charge in [0, 0.05) is 0 Å². The predicted octanol–water partition coefficient (Wildman–Crippen LogP) is 2.30. The highest BCUT2D eigenvalue weighted by Crippen LogP contribution is 2.37. The van der Waals surface area contributed by atoms with Gasteiger partial charge in [-0.3, -0.25) is 4.79 Å². The van der Waals surface area contributed by atoms with Gasteiger partial charge < -0.3 is 9.84 Å². The first-order valence-electron chi connectivity index (χ1n) is 5.00. The van der Waals surface area contributed by atoms with Gasteiger partial charge >= 0.3 is 12.1 Å². The molecule has 1 aromatic rings. The Balaban J connectivity index is 3.43. The maximum Gasteiger partial charge on any atom is 0.417 e. The van der Waals surface area contributed by atoms with E-state index < -0.39 is 40.6 Å². The summed E-state index contributed by atoms with van der Waals surface area (Å²) >= 11 is 0. The summed E-state index contributed by atoms with van der Waals surface area (Å²) in [7, 11) is 0. The van der Waals surface area contributed by atoms with E-state index in [9.17, 15) is 32.3 Å². The van der Waals surface area contributed by atoms with E-state index >= 15 is 0 Å². The third kappa shape index (κ3) is 3.01. The number of hydrogen-bond acceptors (Lipinski definition) is 4. The van der Waals surface area contributed by atoms with Crippen LogP contribution in [0.5, 0.6) is 5.75 Å². The highest BCUT2D eigenvalue weighted by Gasteiger charge is 2.39. The molecule has 0 aliphatic heterocycles. The number of esters is 1. The summed E-state index contributed by atoms with van der Waals surface area (Å²) in [5.74, 6) is -6.34. The average molecular weight is 280 g/mol. The predicted molar refractivity (Wildman–Crippen MR) is 54.0 cm³/mol. The monoisotopic (exact) mass is 280 g/mol. The van der Waals surface area contributed by atoms with E-state index in [0.29, 0.717) is 6.07 Å². The van der Waals surface area contributed by atoms with Gasteiger partial charge in [-0.1, -0.05) is 0 Å². The molecule has 1 rings (SSSR count). The number of rotatable bonds is 3. The summed E-state index contributed by atoms with van der Waals surface area (Å²) in [6.07, 6.45) is -5.03. The first kappa shape index (κ1) is 14.9. The number of phenols is 1. The van der Waals surface area contributed by atoms with Crippen molar-refractivity contribution in [2.24, 2.45) is 0 Å². The van der Waals surface area contributed by atoms with Crippen molar-refractivity contribution in [3.63, 3.8) is 0 Å². The first-order chi connectivity index (χ1) is 8.70. The minimum absolute atomic E-state index is 0.248. The molecule has 0 unspecified atom stereocenters. The van der Waals surface area contributed by atoms with Gasteiger partial charge in [0.1, 0.15) is 0 Å². The molecule has 0 aliphatic rings. The highest BCUT2D eigenvalue weighted by molar-refractivity contribution is 6.41. The lowest BCUT2D eigenvalue weighted by Crippen LogP contribution is -2.22. The van der Waals surface area contributed by atoms with Gasteiger partial charge in [-0.25, -0.2) is 9.18 Å². The normalized spacial score (nSPS) is 11.2. The summed E-state index contributed by atoms with van der Waals surface area (Å²) < 4.78 is 55.2. The minimum Gasteiger partial charge on any atom is -0.504 e. The molecule has 0 aromatic heterocycles. The van der Waals surface area contributed by atoms with E-state index in [1.807, 2.05) is 0 Å². The van der Waals surface area contributed by atoms with Crippen LogP contribution in [-0.4, -0.2) is 23.5 Å². The molecular weight excluding hydrogens is 272 g/mol. The summed E-state index contributed by atoms with van der Waals surface area (Å²) in [6.45, 7) is 1.09. The van der Waals surface area contributed by atoms with E-state index in [1.54, 1.807) is 0 Å². The number of halogens is 4. The zero-order valence-electron chi connectivity index (χ0n) is 9.55. The Morgan fingerprint density at radius 3 is 2.37 bits per heavy atom. The van der Waals surface area contributed by atoms with Crippen molar-refractivity contribution < 1.29 is 37.0 Å². The van der Waals surface area contributed by atoms with Crippen molar-refractivity contribution in [1.82, 2.24) is 0 Å². The molecule has 0 aliphatic carbocycles. The van der Waals surface area contributed by atoms with Crippen LogP contribution in [0.15, 0.2) is 12.1 Å². The van der Waals surface area contributed by atoms with Gasteiger partial charge in [-0.05, 0) is 19.1 Å². The molecule has 0 saturated carbocycles. The van der Waals surface area contributed by atoms with Crippen LogP contribution in [0.3, 0.4) is 0 Å². The molecule has 1 aromatic carbocycles. The molecule has 4 nitrogen and oxygen atoms in total. The summed E-state index contributed by atoms with van der Waals surface area (Å²) in [4.78, 5) is 22.6. The highest BCUT2D eigenvalue weighted by atomic mass is 19.4. The summed E-state index contributed by atoms with van der Waals surface area (Å²) in [6, 6.07) is 0.613. The maximum atomic E-state index is 13.0. The third-order valence-electron chi connectivity index (χ3n) is 2.12. The second-order valence-electron chi connectivity index (χ2n) is 3.37. The van der Waals surface area contributed by atoms with Gasteiger partial charge in [-0.15, -0.1) is 0 Å². The lowest BCUT2D eigenvalue weighted by Gasteiger charge is -2.13. The van der Waals surface area contributed by atoms with Crippen LogP contribution in [0.1, 0.15) is 22.8 Å². The third-order valence-corrected chi connectivity index (χ3v) is 2.12. The quantitative estimate of drug-likeness (QED) is 0.399. The molecule has 8 heteroatoms. The van der Waals surface area contributed by atoms with Gasteiger partial charge in [0.15, 0.2) is 11.6 Å². The number of carbonyl (C=O) groups is 2. The topological polar surface area (TPSA) is 63.6 Å². The van der Waals surface area contributed by atoms with Crippen molar-refractivity contribution in [3.05, 3.63) is 29.1 Å². The fraction of sp³-hybridized carbons (Fsp3) is 0.273. The number of aromatic hydroxyl groups is 1. The standard InChI is InChI=1S/C11H8F4O4/c1-2-19-10(18)9(17)7-5(11(13,14)15)3-4-6(12)8(7)16/h3-4,16H,2H2,1H3. The van der Waals surface area contributed by atoms with Crippen molar-refractivity contribution >= 4 is 11.8 Å². The second-order valence-corrected chi connectivity index (χ2v) is 3.37. The van der Waals surface area contributed by atoms with E-state index in [4.69, 9.17) is 0 Å². The number of phenolic OH excluding ortho intramolecular Hbond substituents is 1. The van der Waals surface area contributed by atoms with Crippen molar-refractivity contribution in [2.45, 2.75) is 13.1 Å². The van der Waals surface area contributed by atoms with Crippen LogP contribution in [-0.2, 0) is 15.7 Å². The number of Topliss-reactive ketones (excluding diaryl/α,β-unsaturated/α-hetero) is 1. The lowest BCUT2D eigenvalue weighted by atomic mass is 10.0. The molecule has 0 spiro atoms. The van der Waals surface area contributed by atoms with Gasteiger partial charge in [0.2, 0.25) is 0 Å². The van der Waals surface area contributed by atoms with Crippen molar-refractivity contribution in [3.8, 4) is 5.75 Å². The Kier molecular flexibility index (Phi) is 4.13. The lowest BCUT2D eigenvalue weighted by molar-refractivity contribution is -0.139. The summed E-state index contributed by atoms with van der Waals surface area (Å²) in [5.41, 5.74) is -3.06. The van der Waals surface area contributed by atoms with Crippen molar-refractivity contribution in [2.75, 3.05) is 6.61 Å². The van der Waals surface area contributed by atoms with Gasteiger partial charge in [0.25, 0.3) is 5.78 Å². The summed E-state index contributed by atoms with van der Waals surface area (Å²) in [5, 5.41) is 9.23. The van der Waals surface area contributed by atoms with Crippen LogP contribution < -0.4 is 0 Å². The molecule has 0 bridgehead atoms.